The van der Waals surface area contributed by atoms with Crippen molar-refractivity contribution >= 4 is 18.1 Å². The van der Waals surface area contributed by atoms with E-state index in [1.165, 1.54) is 18.2 Å². The molecule has 0 aliphatic heterocycles. The highest BCUT2D eigenvalue weighted by Crippen LogP contribution is 2.19. The van der Waals surface area contributed by atoms with Crippen LogP contribution < -0.4 is 11.0 Å². The number of nitrogens with one attached hydrogen (secondary N) is 2. The van der Waals surface area contributed by atoms with Gasteiger partial charge in [0.2, 0.25) is 5.95 Å². The zero-order valence-electron chi connectivity index (χ0n) is 15.1. The summed E-state index contributed by atoms with van der Waals surface area (Å²) in [6.07, 6.45) is 1.13. The van der Waals surface area contributed by atoms with Crippen LogP contribution in [0.4, 0.5) is 10.3 Å². The van der Waals surface area contributed by atoms with Gasteiger partial charge >= 0.3 is 5.97 Å². The van der Waals surface area contributed by atoms with Crippen LogP contribution >= 0.6 is 0 Å². The molecule has 0 fully saturated rings. The first-order valence-corrected chi connectivity index (χ1v) is 8.31. The molecule has 3 aromatic rings. The largest absolute Gasteiger partial charge is 0.465 e. The number of methoxy groups -OCH3 is 1. The Morgan fingerprint density at radius 2 is 2.03 bits per heavy atom. The molecule has 9 heteroatoms. The van der Waals surface area contributed by atoms with E-state index in [2.05, 4.69) is 25.2 Å². The zero-order valence-corrected chi connectivity index (χ0v) is 15.1. The first kappa shape index (κ1) is 19.4. The molecule has 0 spiro atoms. The number of esters is 1. The number of anilines is 1. The molecule has 144 valence electrons. The van der Waals surface area contributed by atoms with Gasteiger partial charge in [-0.3, -0.25) is 9.78 Å². The second-order valence-electron chi connectivity index (χ2n) is 5.69. The van der Waals surface area contributed by atoms with E-state index < -0.39 is 17.3 Å². The molecule has 0 atom stereocenters. The molecule has 1 aromatic heterocycles. The maximum atomic E-state index is 14.4. The zero-order chi connectivity index (χ0) is 20.8. The first-order valence-electron chi connectivity index (χ1n) is 8.31. The van der Waals surface area contributed by atoms with Gasteiger partial charge in [0.25, 0.3) is 5.56 Å². The highest BCUT2D eigenvalue weighted by Gasteiger charge is 2.15. The molecule has 0 saturated heterocycles. The van der Waals surface area contributed by atoms with E-state index in [4.69, 9.17) is 0 Å². The van der Waals surface area contributed by atoms with E-state index in [-0.39, 0.29) is 28.3 Å². The van der Waals surface area contributed by atoms with Gasteiger partial charge in [0, 0.05) is 11.1 Å². The Hall–Kier alpha value is -4.32. The molecule has 0 aliphatic carbocycles. The number of hydrogen-bond acceptors (Lipinski definition) is 7. The fraction of sp³-hybridized carbons (Fsp3) is 0.0500. The van der Waals surface area contributed by atoms with E-state index in [9.17, 15) is 19.2 Å². The van der Waals surface area contributed by atoms with Crippen molar-refractivity contribution in [3.63, 3.8) is 0 Å². The Kier molecular flexibility index (Phi) is 5.75. The Bertz CT molecular complexity index is 1180. The fourth-order valence-electron chi connectivity index (χ4n) is 2.51. The lowest BCUT2D eigenvalue weighted by Gasteiger charge is -2.06. The normalized spacial score (nSPS) is 10.5. The van der Waals surface area contributed by atoms with Gasteiger partial charge in [-0.2, -0.15) is 10.4 Å². The van der Waals surface area contributed by atoms with Crippen molar-refractivity contribution in [2.45, 2.75) is 0 Å². The number of carbonyl (C=O) groups excluding carboxylic acids is 1. The van der Waals surface area contributed by atoms with Gasteiger partial charge < -0.3 is 4.74 Å². The minimum Gasteiger partial charge on any atom is -0.465 e. The second kappa shape index (κ2) is 8.58. The van der Waals surface area contributed by atoms with E-state index in [0.29, 0.717) is 5.56 Å². The Balaban J connectivity index is 1.91. The topological polar surface area (TPSA) is 120 Å². The van der Waals surface area contributed by atoms with Crippen LogP contribution in [0.15, 0.2) is 58.4 Å². The molecule has 0 unspecified atom stereocenters. The second-order valence-corrected chi connectivity index (χ2v) is 5.69. The SMILES string of the molecule is COC(=O)c1cccc(C=NNc2nc(-c3ccccc3)c(C#N)c(=O)[nH]2)c1F. The summed E-state index contributed by atoms with van der Waals surface area (Å²) in [4.78, 5) is 30.3. The highest BCUT2D eigenvalue weighted by molar-refractivity contribution is 5.92. The number of H-pyrrole nitrogens is 1. The molecule has 0 amide bonds. The Morgan fingerprint density at radius 1 is 1.28 bits per heavy atom. The number of nitrogens with zero attached hydrogens (tertiary/aromatic N) is 3. The van der Waals surface area contributed by atoms with Gasteiger partial charge in [-0.25, -0.2) is 19.6 Å². The summed E-state index contributed by atoms with van der Waals surface area (Å²) in [5, 5.41) is 13.1. The van der Waals surface area contributed by atoms with Crippen LogP contribution in [0.3, 0.4) is 0 Å². The number of benzene rings is 2. The van der Waals surface area contributed by atoms with Crippen LogP contribution in [0.25, 0.3) is 11.3 Å². The molecule has 1 heterocycles. The van der Waals surface area contributed by atoms with Gasteiger partial charge in [0.1, 0.15) is 17.4 Å². The lowest BCUT2D eigenvalue weighted by Crippen LogP contribution is -2.16. The fourth-order valence-corrected chi connectivity index (χ4v) is 2.51. The van der Waals surface area contributed by atoms with E-state index in [1.54, 1.807) is 30.3 Å². The maximum absolute atomic E-state index is 14.4. The Labute approximate surface area is 164 Å². The van der Waals surface area contributed by atoms with Crippen molar-refractivity contribution in [3.05, 3.63) is 81.4 Å². The maximum Gasteiger partial charge on any atom is 0.340 e. The summed E-state index contributed by atoms with van der Waals surface area (Å²) in [5.41, 5.74) is 2.29. The minimum absolute atomic E-state index is 0.0275. The smallest absolute Gasteiger partial charge is 0.340 e. The van der Waals surface area contributed by atoms with Crippen LogP contribution in [0, 0.1) is 17.1 Å². The average molecular weight is 391 g/mol. The molecular weight excluding hydrogens is 377 g/mol. The lowest BCUT2D eigenvalue weighted by molar-refractivity contribution is 0.0595. The van der Waals surface area contributed by atoms with E-state index in [0.717, 1.165) is 13.3 Å². The predicted octanol–water partition coefficient (Wildman–Crippen LogP) is 2.68. The van der Waals surface area contributed by atoms with Crippen molar-refractivity contribution in [2.75, 3.05) is 12.5 Å². The van der Waals surface area contributed by atoms with Gasteiger partial charge in [-0.05, 0) is 6.07 Å². The minimum atomic E-state index is -0.809. The van der Waals surface area contributed by atoms with Gasteiger partial charge in [0.15, 0.2) is 0 Å². The molecule has 2 aromatic carbocycles. The number of aromatic amines is 1. The number of hydrazone groups is 1. The van der Waals surface area contributed by atoms with Gasteiger partial charge in [-0.15, -0.1) is 0 Å². The summed E-state index contributed by atoms with van der Waals surface area (Å²) in [5.74, 6) is -1.64. The molecule has 29 heavy (non-hydrogen) atoms. The summed E-state index contributed by atoms with van der Waals surface area (Å²) in [6, 6.07) is 14.7. The number of rotatable bonds is 5. The third kappa shape index (κ3) is 4.17. The predicted molar refractivity (Wildman–Crippen MR) is 104 cm³/mol. The number of carbonyl (C=O) groups is 1. The Morgan fingerprint density at radius 3 is 2.72 bits per heavy atom. The molecule has 0 saturated carbocycles. The van der Waals surface area contributed by atoms with Crippen molar-refractivity contribution in [1.82, 2.24) is 9.97 Å². The van der Waals surface area contributed by atoms with Crippen LogP contribution in [0.5, 0.6) is 0 Å². The number of aromatic nitrogens is 2. The van der Waals surface area contributed by atoms with Crippen LogP contribution in [-0.4, -0.2) is 29.3 Å². The van der Waals surface area contributed by atoms with Crippen molar-refractivity contribution in [3.8, 4) is 17.3 Å². The van der Waals surface area contributed by atoms with E-state index >= 15 is 0 Å². The average Bonchev–Trinajstić information content (AvgIpc) is 2.74. The highest BCUT2D eigenvalue weighted by atomic mass is 19.1. The quantitative estimate of drug-likeness (QED) is 0.392. The van der Waals surface area contributed by atoms with Crippen LogP contribution in [-0.2, 0) is 4.74 Å². The summed E-state index contributed by atoms with van der Waals surface area (Å²) >= 11 is 0. The van der Waals surface area contributed by atoms with Crippen molar-refractivity contribution in [1.29, 1.82) is 5.26 Å². The monoisotopic (exact) mass is 391 g/mol. The standard InChI is InChI=1S/C20H14FN5O3/c1-29-19(28)14-9-5-8-13(16(14)21)11-23-26-20-24-17(12-6-3-2-4-7-12)15(10-22)18(27)25-20/h2-9,11H,1H3,(H2,24,25,26,27). The third-order valence-corrected chi connectivity index (χ3v) is 3.89. The summed E-state index contributed by atoms with van der Waals surface area (Å²) in [7, 11) is 1.15. The molecule has 0 aliphatic rings. The number of ether oxygens (including phenoxy) is 1. The number of nitriles is 1. The van der Waals surface area contributed by atoms with Gasteiger partial charge in [0.05, 0.1) is 24.6 Å². The van der Waals surface area contributed by atoms with Crippen LogP contribution in [0.1, 0.15) is 21.5 Å². The summed E-state index contributed by atoms with van der Waals surface area (Å²) in [6.45, 7) is 0. The van der Waals surface area contributed by atoms with Crippen LogP contribution in [0.2, 0.25) is 0 Å². The molecular formula is C20H14FN5O3. The van der Waals surface area contributed by atoms with Crippen molar-refractivity contribution in [2.24, 2.45) is 5.10 Å². The molecule has 8 nitrogen and oxygen atoms in total. The molecule has 2 N–H and O–H groups in total. The van der Waals surface area contributed by atoms with Gasteiger partial charge in [-0.1, -0.05) is 42.5 Å². The first-order chi connectivity index (χ1) is 14.0. The lowest BCUT2D eigenvalue weighted by atomic mass is 10.1. The summed E-state index contributed by atoms with van der Waals surface area (Å²) < 4.78 is 18.9. The number of halogens is 1. The van der Waals surface area contributed by atoms with E-state index in [1.807, 2.05) is 6.07 Å². The third-order valence-electron chi connectivity index (χ3n) is 3.89. The number of hydrogen-bond donors (Lipinski definition) is 2. The molecule has 3 rings (SSSR count). The molecule has 0 bridgehead atoms. The molecule has 0 radical (unpaired) electrons. The van der Waals surface area contributed by atoms with Crippen molar-refractivity contribution < 1.29 is 13.9 Å².